The van der Waals surface area contributed by atoms with Crippen molar-refractivity contribution in [3.8, 4) is 0 Å². The SMILES string of the molecule is CC/C=C\C/C=C\C/C=C\CCCCCCCC(=O)OC(=O)OCCCCCCCCCCCC. The summed E-state index contributed by atoms with van der Waals surface area (Å²) in [5, 5.41) is 0. The third-order valence-corrected chi connectivity index (χ3v) is 5.95. The Hall–Kier alpha value is -1.84. The minimum absolute atomic E-state index is 0.285. The Labute approximate surface area is 216 Å². The van der Waals surface area contributed by atoms with Crippen LogP contribution in [0, 0.1) is 0 Å². The average molecular weight is 491 g/mol. The zero-order valence-corrected chi connectivity index (χ0v) is 22.9. The van der Waals surface area contributed by atoms with Gasteiger partial charge in [0.15, 0.2) is 0 Å². The van der Waals surface area contributed by atoms with Gasteiger partial charge in [0.25, 0.3) is 0 Å². The van der Waals surface area contributed by atoms with E-state index in [1.54, 1.807) is 0 Å². The lowest BCUT2D eigenvalue weighted by molar-refractivity contribution is -0.139. The lowest BCUT2D eigenvalue weighted by Crippen LogP contribution is -2.14. The van der Waals surface area contributed by atoms with E-state index < -0.39 is 12.1 Å². The number of hydrogen-bond acceptors (Lipinski definition) is 4. The molecule has 0 aliphatic heterocycles. The number of esters is 1. The van der Waals surface area contributed by atoms with Crippen LogP contribution in [-0.2, 0) is 14.3 Å². The fourth-order valence-electron chi connectivity index (χ4n) is 3.81. The second-order valence-electron chi connectivity index (χ2n) is 9.35. The molecule has 202 valence electrons. The van der Waals surface area contributed by atoms with Crippen molar-refractivity contribution in [2.24, 2.45) is 0 Å². The van der Waals surface area contributed by atoms with Crippen LogP contribution in [0.4, 0.5) is 4.79 Å². The Bertz CT molecular complexity index is 562. The molecule has 0 spiro atoms. The lowest BCUT2D eigenvalue weighted by Gasteiger charge is -2.05. The number of rotatable bonds is 24. The summed E-state index contributed by atoms with van der Waals surface area (Å²) in [6.45, 7) is 4.73. The molecule has 0 aromatic rings. The molecule has 0 bridgehead atoms. The zero-order chi connectivity index (χ0) is 25.7. The van der Waals surface area contributed by atoms with Crippen LogP contribution in [0.15, 0.2) is 36.5 Å². The van der Waals surface area contributed by atoms with E-state index in [2.05, 4.69) is 50.3 Å². The van der Waals surface area contributed by atoms with E-state index in [4.69, 9.17) is 9.47 Å². The third kappa shape index (κ3) is 28.3. The molecule has 0 atom stereocenters. The molecule has 0 heterocycles. The van der Waals surface area contributed by atoms with Gasteiger partial charge in [0.1, 0.15) is 0 Å². The molecule has 0 aliphatic rings. The molecule has 0 saturated carbocycles. The van der Waals surface area contributed by atoms with Crippen molar-refractivity contribution in [2.75, 3.05) is 6.61 Å². The summed E-state index contributed by atoms with van der Waals surface area (Å²) in [4.78, 5) is 23.3. The highest BCUT2D eigenvalue weighted by molar-refractivity contribution is 5.81. The van der Waals surface area contributed by atoms with Gasteiger partial charge in [0.2, 0.25) is 0 Å². The van der Waals surface area contributed by atoms with Crippen molar-refractivity contribution < 1.29 is 19.1 Å². The molecule has 0 aliphatic carbocycles. The molecule has 0 aromatic carbocycles. The van der Waals surface area contributed by atoms with E-state index in [-0.39, 0.29) is 6.42 Å². The largest absolute Gasteiger partial charge is 0.516 e. The van der Waals surface area contributed by atoms with Crippen molar-refractivity contribution >= 4 is 12.1 Å². The highest BCUT2D eigenvalue weighted by Crippen LogP contribution is 2.11. The van der Waals surface area contributed by atoms with Gasteiger partial charge >= 0.3 is 12.1 Å². The quantitative estimate of drug-likeness (QED) is 0.0584. The summed E-state index contributed by atoms with van der Waals surface area (Å²) in [5.74, 6) is -0.473. The van der Waals surface area contributed by atoms with Crippen LogP contribution in [0.3, 0.4) is 0 Å². The van der Waals surface area contributed by atoms with E-state index in [1.165, 1.54) is 57.8 Å². The fourth-order valence-corrected chi connectivity index (χ4v) is 3.81. The summed E-state index contributed by atoms with van der Waals surface area (Å²) >= 11 is 0. The maximum absolute atomic E-state index is 11.7. The van der Waals surface area contributed by atoms with Gasteiger partial charge in [-0.15, -0.1) is 0 Å². The Balaban J connectivity index is 3.40. The van der Waals surface area contributed by atoms with E-state index in [0.717, 1.165) is 64.2 Å². The van der Waals surface area contributed by atoms with E-state index in [9.17, 15) is 9.59 Å². The predicted molar refractivity (Wildman–Crippen MR) is 149 cm³/mol. The molecule has 0 N–H and O–H groups in total. The van der Waals surface area contributed by atoms with Crippen molar-refractivity contribution in [1.82, 2.24) is 0 Å². The Kier molecular flexibility index (Phi) is 26.9. The van der Waals surface area contributed by atoms with Crippen LogP contribution in [-0.4, -0.2) is 18.7 Å². The number of hydrogen-bond donors (Lipinski definition) is 0. The van der Waals surface area contributed by atoms with Crippen LogP contribution >= 0.6 is 0 Å². The second kappa shape index (κ2) is 28.4. The summed E-state index contributed by atoms with van der Waals surface area (Å²) in [7, 11) is 0. The molecule has 4 heteroatoms. The molecule has 0 saturated heterocycles. The smallest absolute Gasteiger partial charge is 0.434 e. The minimum atomic E-state index is -0.843. The van der Waals surface area contributed by atoms with Crippen LogP contribution < -0.4 is 0 Å². The molecule has 0 amide bonds. The summed E-state index contributed by atoms with van der Waals surface area (Å²) in [5.41, 5.74) is 0. The van der Waals surface area contributed by atoms with Crippen molar-refractivity contribution in [3.63, 3.8) is 0 Å². The molecule has 4 nitrogen and oxygen atoms in total. The monoisotopic (exact) mass is 490 g/mol. The van der Waals surface area contributed by atoms with Crippen molar-refractivity contribution in [2.45, 2.75) is 142 Å². The second-order valence-corrected chi connectivity index (χ2v) is 9.35. The van der Waals surface area contributed by atoms with Crippen LogP contribution in [0.25, 0.3) is 0 Å². The molecule has 0 rings (SSSR count). The van der Waals surface area contributed by atoms with Gasteiger partial charge < -0.3 is 9.47 Å². The van der Waals surface area contributed by atoms with Gasteiger partial charge in [-0.1, -0.05) is 127 Å². The topological polar surface area (TPSA) is 52.6 Å². The average Bonchev–Trinajstić information content (AvgIpc) is 2.85. The fraction of sp³-hybridized carbons (Fsp3) is 0.742. The van der Waals surface area contributed by atoms with Crippen LogP contribution in [0.1, 0.15) is 142 Å². The number of carbonyl (C=O) groups excluding carboxylic acids is 2. The molecule has 0 unspecified atom stereocenters. The van der Waals surface area contributed by atoms with E-state index in [1.807, 2.05) is 0 Å². The van der Waals surface area contributed by atoms with Gasteiger partial charge in [0, 0.05) is 6.42 Å². The van der Waals surface area contributed by atoms with Gasteiger partial charge in [-0.25, -0.2) is 4.79 Å². The standard InChI is InChI=1S/C31H54O4/c1-3-5-7-9-11-13-15-16-17-18-19-20-22-24-26-28-30(32)35-31(33)34-29-27-25-23-21-14-12-10-8-6-4-2/h5,7,11,13,16-17H,3-4,6,8-10,12,14-15,18-29H2,1-2H3/b7-5-,13-11-,17-16-. The molecule has 0 radical (unpaired) electrons. The minimum Gasteiger partial charge on any atom is -0.434 e. The van der Waals surface area contributed by atoms with Gasteiger partial charge in [-0.05, 0) is 44.9 Å². The van der Waals surface area contributed by atoms with Gasteiger partial charge in [0.05, 0.1) is 6.61 Å². The number of ether oxygens (including phenoxy) is 2. The normalized spacial score (nSPS) is 11.7. The summed E-state index contributed by atoms with van der Waals surface area (Å²) in [6, 6.07) is 0. The van der Waals surface area contributed by atoms with Crippen molar-refractivity contribution in [3.05, 3.63) is 36.5 Å². The molecular weight excluding hydrogens is 436 g/mol. The number of allylic oxidation sites excluding steroid dienone is 6. The maximum Gasteiger partial charge on any atom is 0.516 e. The third-order valence-electron chi connectivity index (χ3n) is 5.95. The first-order valence-corrected chi connectivity index (χ1v) is 14.5. The molecule has 35 heavy (non-hydrogen) atoms. The summed E-state index contributed by atoms with van der Waals surface area (Å²) < 4.78 is 9.76. The Morgan fingerprint density at radius 2 is 1.09 bits per heavy atom. The first-order valence-electron chi connectivity index (χ1n) is 14.5. The van der Waals surface area contributed by atoms with Gasteiger partial charge in [-0.3, -0.25) is 4.79 Å². The predicted octanol–water partition coefficient (Wildman–Crippen LogP) is 10.2. The maximum atomic E-state index is 11.7. The van der Waals surface area contributed by atoms with E-state index >= 15 is 0 Å². The lowest BCUT2D eigenvalue weighted by atomic mass is 10.1. The van der Waals surface area contributed by atoms with Gasteiger partial charge in [-0.2, -0.15) is 0 Å². The highest BCUT2D eigenvalue weighted by Gasteiger charge is 2.11. The van der Waals surface area contributed by atoms with Crippen molar-refractivity contribution in [1.29, 1.82) is 0 Å². The molecule has 0 aromatic heterocycles. The highest BCUT2D eigenvalue weighted by atomic mass is 16.7. The first kappa shape index (κ1) is 33.2. The zero-order valence-electron chi connectivity index (χ0n) is 22.9. The Morgan fingerprint density at radius 1 is 0.571 bits per heavy atom. The first-order chi connectivity index (χ1) is 17.2. The number of unbranched alkanes of at least 4 members (excludes halogenated alkanes) is 14. The van der Waals surface area contributed by atoms with Crippen LogP contribution in [0.5, 0.6) is 0 Å². The Morgan fingerprint density at radius 3 is 1.71 bits per heavy atom. The molecule has 0 fully saturated rings. The van der Waals surface area contributed by atoms with Crippen LogP contribution in [0.2, 0.25) is 0 Å². The molecular formula is C31H54O4. The van der Waals surface area contributed by atoms with E-state index in [0.29, 0.717) is 6.61 Å². The number of carbonyl (C=O) groups is 2. The summed E-state index contributed by atoms with van der Waals surface area (Å²) in [6.07, 6.45) is 34.5.